The maximum Gasteiger partial charge on any atom is 0.343 e. The van der Waals surface area contributed by atoms with Gasteiger partial charge in [-0.3, -0.25) is 4.79 Å². The Morgan fingerprint density at radius 2 is 1.87 bits per heavy atom. The number of nitrogens with zero attached hydrogens (tertiary/aromatic N) is 2. The number of carbonyl (C=O) groups is 1. The fraction of sp³-hybridized carbons (Fsp3) is 0.583. The molecule has 2 fully saturated rings. The van der Waals surface area contributed by atoms with Crippen LogP contribution in [0.2, 0.25) is 0 Å². The van der Waals surface area contributed by atoms with Gasteiger partial charge in [0, 0.05) is 23.7 Å². The Morgan fingerprint density at radius 3 is 2.55 bits per heavy atom. The summed E-state index contributed by atoms with van der Waals surface area (Å²) < 4.78 is 22.1. The van der Waals surface area contributed by atoms with Gasteiger partial charge in [0.15, 0.2) is 0 Å². The second-order valence-electron chi connectivity index (χ2n) is 8.86. The Bertz CT molecular complexity index is 1010. The quantitative estimate of drug-likeness (QED) is 0.717. The number of fused-ring (bicyclic) bond motifs is 1. The van der Waals surface area contributed by atoms with Crippen LogP contribution in [0.4, 0.5) is 10.1 Å². The van der Waals surface area contributed by atoms with Gasteiger partial charge in [-0.2, -0.15) is 0 Å². The number of esters is 1. The van der Waals surface area contributed by atoms with Gasteiger partial charge in [0.25, 0.3) is 0 Å². The van der Waals surface area contributed by atoms with Gasteiger partial charge >= 0.3 is 5.97 Å². The van der Waals surface area contributed by atoms with Gasteiger partial charge in [-0.15, -0.1) is 0 Å². The third-order valence-electron chi connectivity index (χ3n) is 6.66. The highest BCUT2D eigenvalue weighted by atomic mass is 19.1. The number of hydrogen-bond donors (Lipinski definition) is 1. The van der Waals surface area contributed by atoms with Crippen LogP contribution in [-0.4, -0.2) is 48.2 Å². The topological polar surface area (TPSA) is 63.6 Å². The average molecular weight is 430 g/mol. The lowest BCUT2D eigenvalue weighted by Crippen LogP contribution is -2.32. The Morgan fingerprint density at radius 1 is 1.16 bits per heavy atom. The number of likely N-dealkylation sites (tertiary alicyclic amines) is 1. The molecule has 168 valence electrons. The number of carbonyl (C=O) groups excluding carboxylic acids is 1. The van der Waals surface area contributed by atoms with Crippen molar-refractivity contribution in [3.8, 4) is 0 Å². The fourth-order valence-corrected chi connectivity index (χ4v) is 4.88. The molecule has 0 unspecified atom stereocenters. The zero-order chi connectivity index (χ0) is 22.0. The smallest absolute Gasteiger partial charge is 0.343 e. The van der Waals surface area contributed by atoms with Crippen molar-refractivity contribution < 1.29 is 13.9 Å². The first-order valence-corrected chi connectivity index (χ1v) is 11.5. The van der Waals surface area contributed by atoms with Crippen molar-refractivity contribution >= 4 is 22.6 Å². The van der Waals surface area contributed by atoms with Crippen LogP contribution in [-0.2, 0) is 4.74 Å². The SMILES string of the molecule is CCOC(=O)c1cn(C2CCN(C)CC2)c2cc(NC3CCCCC3)c(F)cc2c1=O. The van der Waals surface area contributed by atoms with Crippen molar-refractivity contribution in [2.45, 2.75) is 64.0 Å². The van der Waals surface area contributed by atoms with Crippen LogP contribution in [0.3, 0.4) is 0 Å². The van der Waals surface area contributed by atoms with Gasteiger partial charge in [0.1, 0.15) is 11.4 Å². The standard InChI is InChI=1S/C24H32FN3O3/c1-3-31-24(30)19-15-28(17-9-11-27(2)12-10-17)22-14-21(20(25)13-18(22)23(19)29)26-16-7-5-4-6-8-16/h13-17,26H,3-12H2,1-2H3. The van der Waals surface area contributed by atoms with Crippen molar-refractivity contribution in [3.05, 3.63) is 39.9 Å². The van der Waals surface area contributed by atoms with Gasteiger partial charge in [-0.1, -0.05) is 19.3 Å². The number of rotatable bonds is 5. The molecule has 7 heteroatoms. The third-order valence-corrected chi connectivity index (χ3v) is 6.66. The minimum Gasteiger partial charge on any atom is -0.462 e. The van der Waals surface area contributed by atoms with E-state index in [-0.39, 0.29) is 29.6 Å². The van der Waals surface area contributed by atoms with Gasteiger partial charge in [0.2, 0.25) is 5.43 Å². The van der Waals surface area contributed by atoms with Gasteiger partial charge in [0.05, 0.1) is 17.8 Å². The van der Waals surface area contributed by atoms with Crippen LogP contribution >= 0.6 is 0 Å². The molecule has 1 aromatic heterocycles. The van der Waals surface area contributed by atoms with E-state index >= 15 is 4.39 Å². The van der Waals surface area contributed by atoms with E-state index in [0.717, 1.165) is 51.6 Å². The average Bonchev–Trinajstić information content (AvgIpc) is 2.77. The summed E-state index contributed by atoms with van der Waals surface area (Å²) in [4.78, 5) is 27.8. The molecule has 1 N–H and O–H groups in total. The van der Waals surface area contributed by atoms with E-state index in [1.54, 1.807) is 19.2 Å². The highest BCUT2D eigenvalue weighted by Crippen LogP contribution is 2.30. The Labute approximate surface area is 182 Å². The summed E-state index contributed by atoms with van der Waals surface area (Å²) in [6, 6.07) is 3.44. The molecule has 0 bridgehead atoms. The lowest BCUT2D eigenvalue weighted by Gasteiger charge is -2.32. The molecule has 0 atom stereocenters. The lowest BCUT2D eigenvalue weighted by molar-refractivity contribution is 0.0523. The summed E-state index contributed by atoms with van der Waals surface area (Å²) in [7, 11) is 2.09. The highest BCUT2D eigenvalue weighted by molar-refractivity contribution is 5.94. The van der Waals surface area contributed by atoms with Crippen LogP contribution in [0.1, 0.15) is 68.3 Å². The third kappa shape index (κ3) is 4.61. The Hall–Kier alpha value is -2.41. The largest absolute Gasteiger partial charge is 0.462 e. The van der Waals surface area contributed by atoms with Crippen LogP contribution in [0.25, 0.3) is 10.9 Å². The first-order valence-electron chi connectivity index (χ1n) is 11.5. The minimum absolute atomic E-state index is 0.0272. The first kappa shape index (κ1) is 21.8. The minimum atomic E-state index is -0.652. The number of anilines is 1. The van der Waals surface area contributed by atoms with Crippen molar-refractivity contribution in [3.63, 3.8) is 0 Å². The maximum atomic E-state index is 15.0. The summed E-state index contributed by atoms with van der Waals surface area (Å²) in [6.45, 7) is 3.75. The molecular weight excluding hydrogens is 397 g/mol. The number of pyridine rings is 1. The summed E-state index contributed by atoms with van der Waals surface area (Å²) in [5.41, 5.74) is 0.609. The first-order chi connectivity index (χ1) is 15.0. The van der Waals surface area contributed by atoms with E-state index < -0.39 is 17.2 Å². The molecule has 2 aliphatic rings. The molecule has 2 heterocycles. The molecule has 1 aliphatic heterocycles. The van der Waals surface area contributed by atoms with Crippen LogP contribution in [0.5, 0.6) is 0 Å². The van der Waals surface area contributed by atoms with Gasteiger partial charge < -0.3 is 19.5 Å². The van der Waals surface area contributed by atoms with E-state index in [0.29, 0.717) is 11.2 Å². The van der Waals surface area contributed by atoms with Crippen LogP contribution < -0.4 is 10.7 Å². The zero-order valence-corrected chi connectivity index (χ0v) is 18.5. The molecule has 6 nitrogen and oxygen atoms in total. The number of hydrogen-bond acceptors (Lipinski definition) is 5. The number of aromatic nitrogens is 1. The summed E-state index contributed by atoms with van der Waals surface area (Å²) in [5.74, 6) is -1.10. The van der Waals surface area contributed by atoms with Crippen molar-refractivity contribution in [2.24, 2.45) is 0 Å². The van der Waals surface area contributed by atoms with Gasteiger partial charge in [-0.25, -0.2) is 9.18 Å². The van der Waals surface area contributed by atoms with E-state index in [1.807, 2.05) is 4.57 Å². The number of piperidine rings is 1. The number of ether oxygens (including phenoxy) is 1. The Kier molecular flexibility index (Phi) is 6.60. The molecule has 1 aliphatic carbocycles. The van der Waals surface area contributed by atoms with Crippen LogP contribution in [0, 0.1) is 5.82 Å². The predicted molar refractivity (Wildman–Crippen MR) is 120 cm³/mol. The highest BCUT2D eigenvalue weighted by Gasteiger charge is 2.25. The molecular formula is C24H32FN3O3. The molecule has 31 heavy (non-hydrogen) atoms. The summed E-state index contributed by atoms with van der Waals surface area (Å²) in [6.07, 6.45) is 9.01. The molecule has 1 saturated heterocycles. The second-order valence-corrected chi connectivity index (χ2v) is 8.86. The zero-order valence-electron chi connectivity index (χ0n) is 18.5. The maximum absolute atomic E-state index is 15.0. The van der Waals surface area contributed by atoms with Crippen molar-refractivity contribution in [1.82, 2.24) is 9.47 Å². The predicted octanol–water partition coefficient (Wildman–Crippen LogP) is 4.33. The van der Waals surface area contributed by atoms with E-state index in [4.69, 9.17) is 4.74 Å². The monoisotopic (exact) mass is 429 g/mol. The number of benzene rings is 1. The molecule has 1 aromatic carbocycles. The van der Waals surface area contributed by atoms with E-state index in [1.165, 1.54) is 12.5 Å². The van der Waals surface area contributed by atoms with Crippen molar-refractivity contribution in [1.29, 1.82) is 0 Å². The molecule has 0 radical (unpaired) electrons. The number of halogens is 1. The second kappa shape index (κ2) is 9.39. The number of nitrogens with one attached hydrogen (secondary N) is 1. The Balaban J connectivity index is 1.81. The molecule has 0 amide bonds. The molecule has 1 saturated carbocycles. The van der Waals surface area contributed by atoms with Crippen LogP contribution in [0.15, 0.2) is 23.1 Å². The normalized spacial score (nSPS) is 18.9. The fourth-order valence-electron chi connectivity index (χ4n) is 4.88. The van der Waals surface area contributed by atoms with E-state index in [9.17, 15) is 9.59 Å². The lowest BCUT2D eigenvalue weighted by atomic mass is 9.95. The summed E-state index contributed by atoms with van der Waals surface area (Å²) in [5, 5.41) is 3.60. The van der Waals surface area contributed by atoms with Crippen molar-refractivity contribution in [2.75, 3.05) is 32.1 Å². The molecule has 4 rings (SSSR count). The van der Waals surface area contributed by atoms with Gasteiger partial charge in [-0.05, 0) is 64.9 Å². The van der Waals surface area contributed by atoms with E-state index in [2.05, 4.69) is 17.3 Å². The molecule has 2 aromatic rings. The summed E-state index contributed by atoms with van der Waals surface area (Å²) >= 11 is 0. The molecule has 0 spiro atoms.